The van der Waals surface area contributed by atoms with E-state index in [4.69, 9.17) is 5.26 Å². The van der Waals surface area contributed by atoms with E-state index >= 15 is 0 Å². The average Bonchev–Trinajstić information content (AvgIpc) is 2.68. The topological polar surface area (TPSA) is 76.4 Å². The summed E-state index contributed by atoms with van der Waals surface area (Å²) < 4.78 is 0. The maximum Gasteiger partial charge on any atom is 0.248 e. The molecule has 2 N–H and O–H groups in total. The molecule has 5 heteroatoms. The van der Waals surface area contributed by atoms with Crippen molar-refractivity contribution in [3.05, 3.63) is 65.7 Å². The molecule has 1 fully saturated rings. The molecule has 0 saturated carbocycles. The molecule has 26 heavy (non-hydrogen) atoms. The first-order valence-corrected chi connectivity index (χ1v) is 8.67. The molecule has 0 spiro atoms. The van der Waals surface area contributed by atoms with Gasteiger partial charge < -0.3 is 15.3 Å². The summed E-state index contributed by atoms with van der Waals surface area (Å²) in [6.45, 7) is 1.54. The van der Waals surface area contributed by atoms with Gasteiger partial charge in [0.05, 0.1) is 29.1 Å². The first kappa shape index (κ1) is 17.7. The molecule has 132 valence electrons. The number of rotatable bonds is 4. The van der Waals surface area contributed by atoms with Crippen molar-refractivity contribution < 1.29 is 9.90 Å². The van der Waals surface area contributed by atoms with E-state index in [-0.39, 0.29) is 12.0 Å². The van der Waals surface area contributed by atoms with Gasteiger partial charge in [-0.1, -0.05) is 24.3 Å². The van der Waals surface area contributed by atoms with Gasteiger partial charge in [0.15, 0.2) is 0 Å². The minimum atomic E-state index is -0.236. The smallest absolute Gasteiger partial charge is 0.248 e. The van der Waals surface area contributed by atoms with E-state index in [0.29, 0.717) is 5.56 Å². The molecule has 0 aromatic heterocycles. The Bertz CT molecular complexity index is 846. The van der Waals surface area contributed by atoms with Crippen LogP contribution in [0.25, 0.3) is 6.08 Å². The fourth-order valence-electron chi connectivity index (χ4n) is 3.02. The Morgan fingerprint density at radius 2 is 1.96 bits per heavy atom. The summed E-state index contributed by atoms with van der Waals surface area (Å²) in [5, 5.41) is 21.5. The number of benzene rings is 2. The Labute approximate surface area is 153 Å². The molecule has 3 rings (SSSR count). The minimum Gasteiger partial charge on any atom is -0.393 e. The lowest BCUT2D eigenvalue weighted by Crippen LogP contribution is -2.36. The van der Waals surface area contributed by atoms with E-state index in [1.807, 2.05) is 30.3 Å². The highest BCUT2D eigenvalue weighted by molar-refractivity contribution is 6.03. The number of nitrogens with zero attached hydrogens (tertiary/aromatic N) is 2. The van der Waals surface area contributed by atoms with E-state index in [9.17, 15) is 9.90 Å². The van der Waals surface area contributed by atoms with E-state index in [2.05, 4.69) is 16.3 Å². The summed E-state index contributed by atoms with van der Waals surface area (Å²) in [4.78, 5) is 14.5. The maximum atomic E-state index is 12.3. The third kappa shape index (κ3) is 4.50. The second-order valence-electron chi connectivity index (χ2n) is 6.30. The molecular weight excluding hydrogens is 326 g/mol. The van der Waals surface area contributed by atoms with Crippen LogP contribution in [0.5, 0.6) is 0 Å². The van der Waals surface area contributed by atoms with Crippen molar-refractivity contribution in [2.24, 2.45) is 0 Å². The second kappa shape index (κ2) is 8.32. The SMILES string of the molecule is N#Cc1cccc(/C=C/C(=O)Nc2ccccc2N2CCC(O)CC2)c1. The van der Waals surface area contributed by atoms with Gasteiger partial charge in [0, 0.05) is 19.2 Å². The normalized spacial score (nSPS) is 15.0. The van der Waals surface area contributed by atoms with E-state index < -0.39 is 0 Å². The molecule has 0 unspecified atom stereocenters. The van der Waals surface area contributed by atoms with E-state index in [1.165, 1.54) is 6.08 Å². The number of carbonyl (C=O) groups excluding carboxylic acids is 1. The first-order valence-electron chi connectivity index (χ1n) is 8.67. The molecular formula is C21H21N3O2. The van der Waals surface area contributed by atoms with Crippen LogP contribution in [0.15, 0.2) is 54.6 Å². The van der Waals surface area contributed by atoms with Gasteiger partial charge in [0.25, 0.3) is 0 Å². The molecule has 1 amide bonds. The highest BCUT2D eigenvalue weighted by Crippen LogP contribution is 2.28. The number of nitriles is 1. The quantitative estimate of drug-likeness (QED) is 0.833. The lowest BCUT2D eigenvalue weighted by atomic mass is 10.1. The number of para-hydroxylation sites is 2. The van der Waals surface area contributed by atoms with Crippen LogP contribution in [0.3, 0.4) is 0 Å². The summed E-state index contributed by atoms with van der Waals surface area (Å²) in [5.41, 5.74) is 3.08. The van der Waals surface area contributed by atoms with Crippen LogP contribution < -0.4 is 10.2 Å². The Hall–Kier alpha value is -3.10. The van der Waals surface area contributed by atoms with Crippen molar-refractivity contribution in [1.82, 2.24) is 0 Å². The molecule has 2 aromatic rings. The van der Waals surface area contributed by atoms with Crippen LogP contribution in [0, 0.1) is 11.3 Å². The molecule has 2 aromatic carbocycles. The predicted octanol–water partition coefficient (Wildman–Crippen LogP) is 3.17. The number of amides is 1. The van der Waals surface area contributed by atoms with Crippen LogP contribution in [-0.2, 0) is 4.79 Å². The number of aliphatic hydroxyl groups excluding tert-OH is 1. The number of nitrogens with one attached hydrogen (secondary N) is 1. The third-order valence-electron chi connectivity index (χ3n) is 4.41. The summed E-state index contributed by atoms with van der Waals surface area (Å²) in [5.74, 6) is -0.225. The van der Waals surface area contributed by atoms with Crippen molar-refractivity contribution in [2.75, 3.05) is 23.3 Å². The van der Waals surface area contributed by atoms with Gasteiger partial charge in [-0.05, 0) is 48.7 Å². The minimum absolute atomic E-state index is 0.225. The molecule has 0 atom stereocenters. The zero-order chi connectivity index (χ0) is 18.4. The summed E-state index contributed by atoms with van der Waals surface area (Å²) >= 11 is 0. The summed E-state index contributed by atoms with van der Waals surface area (Å²) in [6.07, 6.45) is 4.39. The van der Waals surface area contributed by atoms with Gasteiger partial charge in [0.2, 0.25) is 5.91 Å². The van der Waals surface area contributed by atoms with E-state index in [1.54, 1.807) is 24.3 Å². The lowest BCUT2D eigenvalue weighted by molar-refractivity contribution is -0.111. The monoisotopic (exact) mass is 347 g/mol. The van der Waals surface area contributed by atoms with Crippen LogP contribution in [-0.4, -0.2) is 30.2 Å². The van der Waals surface area contributed by atoms with Gasteiger partial charge in [0.1, 0.15) is 0 Å². The number of anilines is 2. The highest BCUT2D eigenvalue weighted by atomic mass is 16.3. The fraction of sp³-hybridized carbons (Fsp3) is 0.238. The first-order chi connectivity index (χ1) is 12.7. The average molecular weight is 347 g/mol. The van der Waals surface area contributed by atoms with Crippen LogP contribution >= 0.6 is 0 Å². The van der Waals surface area contributed by atoms with Gasteiger partial charge in [-0.2, -0.15) is 5.26 Å². The van der Waals surface area contributed by atoms with Crippen molar-refractivity contribution >= 4 is 23.4 Å². The Balaban J connectivity index is 1.69. The largest absolute Gasteiger partial charge is 0.393 e. The van der Waals surface area contributed by atoms with Crippen LogP contribution in [0.1, 0.15) is 24.0 Å². The van der Waals surface area contributed by atoms with Gasteiger partial charge in [-0.25, -0.2) is 0 Å². The Morgan fingerprint density at radius 1 is 1.19 bits per heavy atom. The van der Waals surface area contributed by atoms with Crippen LogP contribution in [0.2, 0.25) is 0 Å². The van der Waals surface area contributed by atoms with Crippen LogP contribution in [0.4, 0.5) is 11.4 Å². The molecule has 1 aliphatic rings. The van der Waals surface area contributed by atoms with Crippen molar-refractivity contribution in [3.63, 3.8) is 0 Å². The zero-order valence-corrected chi connectivity index (χ0v) is 14.4. The summed E-state index contributed by atoms with van der Waals surface area (Å²) in [7, 11) is 0. The molecule has 1 saturated heterocycles. The number of carbonyl (C=O) groups is 1. The number of hydrogen-bond donors (Lipinski definition) is 2. The number of aliphatic hydroxyl groups is 1. The molecule has 1 aliphatic heterocycles. The van der Waals surface area contributed by atoms with Gasteiger partial charge in [-0.15, -0.1) is 0 Å². The number of piperidine rings is 1. The standard InChI is InChI=1S/C21H21N3O2/c22-15-17-5-3-4-16(14-17)8-9-21(26)23-19-6-1-2-7-20(19)24-12-10-18(25)11-13-24/h1-9,14,18,25H,10-13H2,(H,23,26)/b9-8+. The fourth-order valence-corrected chi connectivity index (χ4v) is 3.02. The van der Waals surface area contributed by atoms with Crippen molar-refractivity contribution in [2.45, 2.75) is 18.9 Å². The molecule has 0 bridgehead atoms. The van der Waals surface area contributed by atoms with E-state index in [0.717, 1.165) is 42.9 Å². The molecule has 1 heterocycles. The molecule has 5 nitrogen and oxygen atoms in total. The Kier molecular flexibility index (Phi) is 5.67. The second-order valence-corrected chi connectivity index (χ2v) is 6.30. The zero-order valence-electron chi connectivity index (χ0n) is 14.4. The van der Waals surface area contributed by atoms with Gasteiger partial charge in [-0.3, -0.25) is 4.79 Å². The molecule has 0 aliphatic carbocycles. The number of hydrogen-bond acceptors (Lipinski definition) is 4. The lowest BCUT2D eigenvalue weighted by Gasteiger charge is -2.32. The van der Waals surface area contributed by atoms with Crippen molar-refractivity contribution in [3.8, 4) is 6.07 Å². The maximum absolute atomic E-state index is 12.3. The summed E-state index contributed by atoms with van der Waals surface area (Å²) in [6, 6.07) is 16.9. The molecule has 0 radical (unpaired) electrons. The highest BCUT2D eigenvalue weighted by Gasteiger charge is 2.19. The van der Waals surface area contributed by atoms with Crippen molar-refractivity contribution in [1.29, 1.82) is 5.26 Å². The third-order valence-corrected chi connectivity index (χ3v) is 4.41. The van der Waals surface area contributed by atoms with Gasteiger partial charge >= 0.3 is 0 Å². The predicted molar refractivity (Wildman–Crippen MR) is 103 cm³/mol. The Morgan fingerprint density at radius 3 is 2.73 bits per heavy atom.